The zero-order valence-electron chi connectivity index (χ0n) is 5.04. The summed E-state index contributed by atoms with van der Waals surface area (Å²) in [6.07, 6.45) is 1.07. The summed E-state index contributed by atoms with van der Waals surface area (Å²) in [5.41, 5.74) is -0.379. The van der Waals surface area contributed by atoms with Gasteiger partial charge in [-0.3, -0.25) is 0 Å². The van der Waals surface area contributed by atoms with Crippen LogP contribution < -0.4 is 5.11 Å². The minimum atomic E-state index is -1.49. The van der Waals surface area contributed by atoms with Crippen LogP contribution in [0.5, 0.6) is 0 Å². The summed E-state index contributed by atoms with van der Waals surface area (Å²) in [5, 5.41) is 9.85. The molecule has 11 heavy (non-hydrogen) atoms. The van der Waals surface area contributed by atoms with Crippen LogP contribution in [0.15, 0.2) is 6.33 Å². The molecule has 0 aliphatic rings. The Morgan fingerprint density at radius 1 is 1.36 bits per heavy atom. The van der Waals surface area contributed by atoms with Gasteiger partial charge >= 0.3 is 0 Å². The first kappa shape index (κ1) is 8.23. The Labute approximate surface area is 71.8 Å². The summed E-state index contributed by atoms with van der Waals surface area (Å²) in [6.45, 7) is 0. The Hall–Kier alpha value is -0.870. The van der Waals surface area contributed by atoms with Crippen LogP contribution in [0.3, 0.4) is 0 Å². The van der Waals surface area contributed by atoms with Crippen molar-refractivity contribution in [3.63, 3.8) is 0 Å². The fraction of sp³-hybridized carbons (Fsp3) is 0. The standard InChI is InChI=1S/C5H2Cl2N2O2/c6-3-2(5(10)11)4(7)9-1-8-3/h1H,(H,10,11)/p-1. The molecule has 0 N–H and O–H groups in total. The molecule has 6 heteroatoms. The van der Waals surface area contributed by atoms with E-state index in [0.29, 0.717) is 0 Å². The van der Waals surface area contributed by atoms with Gasteiger partial charge in [-0.2, -0.15) is 0 Å². The molecular weight excluding hydrogens is 191 g/mol. The summed E-state index contributed by atoms with van der Waals surface area (Å²) in [5.74, 6) is -1.49. The highest BCUT2D eigenvalue weighted by molar-refractivity contribution is 6.37. The Balaban J connectivity index is 3.32. The van der Waals surface area contributed by atoms with E-state index in [1.165, 1.54) is 0 Å². The van der Waals surface area contributed by atoms with Crippen LogP contribution in [-0.2, 0) is 0 Å². The van der Waals surface area contributed by atoms with E-state index in [0.717, 1.165) is 6.33 Å². The first-order chi connectivity index (χ1) is 5.13. The molecule has 0 aliphatic heterocycles. The third-order valence-electron chi connectivity index (χ3n) is 0.959. The third-order valence-corrected chi connectivity index (χ3v) is 1.53. The van der Waals surface area contributed by atoms with Crippen molar-refractivity contribution in [2.75, 3.05) is 0 Å². The molecule has 1 rings (SSSR count). The number of halogens is 2. The van der Waals surface area contributed by atoms with E-state index in [2.05, 4.69) is 9.97 Å². The summed E-state index contributed by atoms with van der Waals surface area (Å²) < 4.78 is 0. The average molecular weight is 192 g/mol. The highest BCUT2D eigenvalue weighted by Gasteiger charge is 2.07. The van der Waals surface area contributed by atoms with E-state index in [9.17, 15) is 9.90 Å². The lowest BCUT2D eigenvalue weighted by Crippen LogP contribution is -2.23. The lowest BCUT2D eigenvalue weighted by atomic mass is 10.3. The number of nitrogens with zero attached hydrogens (tertiary/aromatic N) is 2. The first-order valence-electron chi connectivity index (χ1n) is 2.50. The van der Waals surface area contributed by atoms with Crippen molar-refractivity contribution in [2.45, 2.75) is 0 Å². The van der Waals surface area contributed by atoms with Crippen molar-refractivity contribution in [2.24, 2.45) is 0 Å². The third kappa shape index (κ3) is 1.58. The largest absolute Gasteiger partial charge is 0.545 e. The molecule has 0 aliphatic carbocycles. The van der Waals surface area contributed by atoms with Crippen LogP contribution in [-0.4, -0.2) is 15.9 Å². The fourth-order valence-electron chi connectivity index (χ4n) is 0.513. The van der Waals surface area contributed by atoms with Gasteiger partial charge in [-0.05, 0) is 0 Å². The average Bonchev–Trinajstić information content (AvgIpc) is 1.85. The lowest BCUT2D eigenvalue weighted by Gasteiger charge is -2.03. The molecule has 0 atom stereocenters. The SMILES string of the molecule is O=C([O-])c1c(Cl)ncnc1Cl. The summed E-state index contributed by atoms with van der Waals surface area (Å²) in [7, 11) is 0. The summed E-state index contributed by atoms with van der Waals surface area (Å²) in [6, 6.07) is 0. The molecule has 0 unspecified atom stereocenters. The maximum absolute atomic E-state index is 10.3. The van der Waals surface area contributed by atoms with Gasteiger partial charge < -0.3 is 9.90 Å². The number of carboxylic acids is 1. The van der Waals surface area contributed by atoms with E-state index < -0.39 is 5.97 Å². The van der Waals surface area contributed by atoms with Gasteiger partial charge in [0.15, 0.2) is 0 Å². The molecule has 0 bridgehead atoms. The van der Waals surface area contributed by atoms with Gasteiger partial charge in [0.1, 0.15) is 16.6 Å². The van der Waals surface area contributed by atoms with Crippen molar-refractivity contribution in [1.29, 1.82) is 0 Å². The second-order valence-corrected chi connectivity index (χ2v) is 2.33. The van der Waals surface area contributed by atoms with Gasteiger partial charge in [0, 0.05) is 0 Å². The Morgan fingerprint density at radius 2 is 1.82 bits per heavy atom. The predicted molar refractivity (Wildman–Crippen MR) is 36.4 cm³/mol. The number of rotatable bonds is 1. The Bertz CT molecular complexity index is 282. The summed E-state index contributed by atoms with van der Waals surface area (Å²) in [4.78, 5) is 17.1. The van der Waals surface area contributed by atoms with E-state index in [1.807, 2.05) is 0 Å². The second-order valence-electron chi connectivity index (χ2n) is 1.62. The van der Waals surface area contributed by atoms with Crippen LogP contribution >= 0.6 is 23.2 Å². The highest BCUT2D eigenvalue weighted by atomic mass is 35.5. The topological polar surface area (TPSA) is 65.9 Å². The molecule has 0 amide bonds. The van der Waals surface area contributed by atoms with Crippen LogP contribution in [0.2, 0.25) is 10.3 Å². The molecule has 1 aromatic heterocycles. The van der Waals surface area contributed by atoms with Crippen LogP contribution in [0.1, 0.15) is 10.4 Å². The molecule has 58 valence electrons. The molecule has 0 aromatic carbocycles. The van der Waals surface area contributed by atoms with Crippen LogP contribution in [0, 0.1) is 0 Å². The molecule has 0 fully saturated rings. The van der Waals surface area contributed by atoms with Crippen LogP contribution in [0.4, 0.5) is 0 Å². The van der Waals surface area contributed by atoms with Gasteiger partial charge in [0.25, 0.3) is 0 Å². The molecule has 0 spiro atoms. The summed E-state index contributed by atoms with van der Waals surface area (Å²) >= 11 is 10.7. The minimum absolute atomic E-state index is 0.218. The second kappa shape index (κ2) is 3.02. The van der Waals surface area contributed by atoms with E-state index in [1.54, 1.807) is 0 Å². The first-order valence-corrected chi connectivity index (χ1v) is 3.26. The Kier molecular flexibility index (Phi) is 2.26. The molecule has 0 saturated heterocycles. The van der Waals surface area contributed by atoms with E-state index >= 15 is 0 Å². The number of carbonyl (C=O) groups is 1. The van der Waals surface area contributed by atoms with Gasteiger partial charge in [-0.15, -0.1) is 0 Å². The molecule has 0 radical (unpaired) electrons. The molecule has 4 nitrogen and oxygen atoms in total. The van der Waals surface area contributed by atoms with Crippen LogP contribution in [0.25, 0.3) is 0 Å². The molecule has 1 aromatic rings. The number of carboxylic acid groups (broad SMARTS) is 1. The van der Waals surface area contributed by atoms with E-state index in [-0.39, 0.29) is 15.9 Å². The molecule has 0 saturated carbocycles. The maximum atomic E-state index is 10.3. The van der Waals surface area contributed by atoms with Gasteiger partial charge in [0.2, 0.25) is 0 Å². The maximum Gasteiger partial charge on any atom is 0.143 e. The van der Waals surface area contributed by atoms with Gasteiger partial charge in [0.05, 0.1) is 11.5 Å². The van der Waals surface area contributed by atoms with Gasteiger partial charge in [-0.1, -0.05) is 23.2 Å². The minimum Gasteiger partial charge on any atom is -0.545 e. The number of aromatic nitrogens is 2. The lowest BCUT2D eigenvalue weighted by molar-refractivity contribution is -0.255. The van der Waals surface area contributed by atoms with E-state index in [4.69, 9.17) is 23.2 Å². The number of hydrogen-bond donors (Lipinski definition) is 0. The number of carbonyl (C=O) groups excluding carboxylic acids is 1. The molecular formula is C5HCl2N2O2-. The zero-order valence-corrected chi connectivity index (χ0v) is 6.56. The highest BCUT2D eigenvalue weighted by Crippen LogP contribution is 2.17. The predicted octanol–water partition coefficient (Wildman–Crippen LogP) is 0.147. The normalized spacial score (nSPS) is 9.64. The monoisotopic (exact) mass is 191 g/mol. The van der Waals surface area contributed by atoms with Crippen molar-refractivity contribution in [1.82, 2.24) is 9.97 Å². The zero-order chi connectivity index (χ0) is 8.43. The fourth-order valence-corrected chi connectivity index (χ4v) is 0.982. The smallest absolute Gasteiger partial charge is 0.143 e. The van der Waals surface area contributed by atoms with Crippen molar-refractivity contribution >= 4 is 29.2 Å². The Morgan fingerprint density at radius 3 is 2.09 bits per heavy atom. The number of hydrogen-bond acceptors (Lipinski definition) is 4. The number of aromatic carboxylic acids is 1. The molecule has 1 heterocycles. The van der Waals surface area contributed by atoms with Crippen molar-refractivity contribution in [3.8, 4) is 0 Å². The van der Waals surface area contributed by atoms with Crippen molar-refractivity contribution < 1.29 is 9.90 Å². The van der Waals surface area contributed by atoms with Crippen molar-refractivity contribution in [3.05, 3.63) is 22.2 Å². The van der Waals surface area contributed by atoms with Gasteiger partial charge in [-0.25, -0.2) is 9.97 Å². The quantitative estimate of drug-likeness (QED) is 0.593.